The molecule has 21 heteroatoms. The fourth-order valence-electron chi connectivity index (χ4n) is 6.97. The summed E-state index contributed by atoms with van der Waals surface area (Å²) in [6, 6.07) is 13.3. The number of phenolic OH excluding ortho intramolecular Hbond substituents is 1. The van der Waals surface area contributed by atoms with Crippen LogP contribution in [0.4, 0.5) is 0 Å². The number of aromatic amines is 1. The van der Waals surface area contributed by atoms with Crippen molar-refractivity contribution < 1.29 is 43.8 Å². The number of thiol groups is 2. The maximum absolute atomic E-state index is 14.5. The van der Waals surface area contributed by atoms with E-state index < -0.39 is 89.7 Å². The van der Waals surface area contributed by atoms with Crippen LogP contribution in [0.25, 0.3) is 10.9 Å². The molecule has 0 unspecified atom stereocenters. The van der Waals surface area contributed by atoms with E-state index in [0.29, 0.717) is 24.0 Å². The predicted octanol–water partition coefficient (Wildman–Crippen LogP) is -1.01. The van der Waals surface area contributed by atoms with E-state index in [2.05, 4.69) is 62.1 Å². The molecule has 8 atom stereocenters. The van der Waals surface area contributed by atoms with Gasteiger partial charge in [-0.15, -0.1) is 0 Å². The molecular weight excluding hydrogens is 889 g/mol. The van der Waals surface area contributed by atoms with Gasteiger partial charge in [0, 0.05) is 41.4 Å². The van der Waals surface area contributed by atoms with Crippen molar-refractivity contribution >= 4 is 77.5 Å². The van der Waals surface area contributed by atoms with E-state index in [9.17, 15) is 43.8 Å². The zero-order valence-electron chi connectivity index (χ0n) is 36.4. The van der Waals surface area contributed by atoms with Crippen LogP contribution in [0.5, 0.6) is 5.75 Å². The van der Waals surface area contributed by atoms with Crippen molar-refractivity contribution in [2.24, 2.45) is 17.2 Å². The van der Waals surface area contributed by atoms with Gasteiger partial charge in [-0.05, 0) is 74.0 Å². The molecule has 4 rings (SSSR count). The Morgan fingerprint density at radius 1 is 0.621 bits per heavy atom. The van der Waals surface area contributed by atoms with Crippen molar-refractivity contribution in [2.75, 3.05) is 18.1 Å². The summed E-state index contributed by atoms with van der Waals surface area (Å²) in [5.74, 6) is -6.08. The number of aliphatic hydroxyl groups excluding tert-OH is 1. The summed E-state index contributed by atoms with van der Waals surface area (Å²) in [7, 11) is 0. The second-order valence-corrected chi connectivity index (χ2v) is 16.5. The monoisotopic (exact) mass is 948 g/mol. The van der Waals surface area contributed by atoms with Gasteiger partial charge in [0.05, 0.1) is 12.1 Å². The number of fused-ring (bicyclic) bond motifs is 1. The molecule has 1 aromatic heterocycles. The summed E-state index contributed by atoms with van der Waals surface area (Å²) < 4.78 is 0. The first-order chi connectivity index (χ1) is 31.5. The normalized spacial score (nSPS) is 14.8. The number of primary amides is 1. The third kappa shape index (κ3) is 15.8. The first-order valence-electron chi connectivity index (χ1n) is 21.4. The Kier molecular flexibility index (Phi) is 20.8. The molecule has 19 nitrogen and oxygen atoms in total. The number of hydrogen-bond acceptors (Lipinski definition) is 13. The Hall–Kier alpha value is -6.13. The van der Waals surface area contributed by atoms with E-state index in [1.807, 2.05) is 48.5 Å². The summed E-state index contributed by atoms with van der Waals surface area (Å²) in [6.07, 6.45) is 1.23. The Morgan fingerprint density at radius 3 is 1.71 bits per heavy atom. The third-order valence-electron chi connectivity index (χ3n) is 10.7. The Labute approximate surface area is 393 Å². The lowest BCUT2D eigenvalue weighted by Gasteiger charge is -2.27. The lowest BCUT2D eigenvalue weighted by Crippen LogP contribution is -2.61. The lowest BCUT2D eigenvalue weighted by molar-refractivity contribution is -0.135. The molecule has 1 heterocycles. The number of aromatic nitrogens is 1. The average Bonchev–Trinajstić information content (AvgIpc) is 3.71. The second-order valence-electron chi connectivity index (χ2n) is 15.8. The molecule has 3 aromatic carbocycles. The minimum atomic E-state index is -1.46. The molecule has 0 radical (unpaired) electrons. The quantitative estimate of drug-likeness (QED) is 0.0267. The first-order valence-corrected chi connectivity index (χ1v) is 22.6. The number of H-pyrrole nitrogens is 1. The van der Waals surface area contributed by atoms with Crippen LogP contribution in [0.15, 0.2) is 85.1 Å². The van der Waals surface area contributed by atoms with E-state index in [4.69, 9.17) is 17.2 Å². The molecule has 0 aliphatic heterocycles. The molecule has 0 spiro atoms. The molecular formula is C45H60N10O9S2. The minimum Gasteiger partial charge on any atom is -0.508 e. The molecule has 66 heavy (non-hydrogen) atoms. The highest BCUT2D eigenvalue weighted by atomic mass is 32.1. The fraction of sp³-hybridized carbons (Fsp3) is 0.400. The van der Waals surface area contributed by atoms with Crippen LogP contribution >= 0.6 is 25.3 Å². The van der Waals surface area contributed by atoms with Crippen LogP contribution in [0.3, 0.4) is 0 Å². The maximum Gasteiger partial charge on any atom is 0.244 e. The SMILES string of the molecule is C[C@@H](O)[C@H](NC(=O)[C@H](CS)NC(=O)[C@H](CCCCN)NC(=O)[C@@H](Cc1c[nH]c2ccccc12)NC(=O)[C@H](Cc1ccc(O)cc1)NC(=O)[C@H](CS)NC(=O)[C@H](N)Cc1ccccc1)C(N)=O. The standard InChI is InChI=1S/C45H60N10O9S2/c1-25(56)38(39(48)58)55-45(64)37(24-66)54-41(60)33(13-7-8-18-46)50-43(62)35(21-28-22-49-32-12-6-5-11-30(28)32)52-42(61)34(20-27-14-16-29(57)17-15-27)51-44(63)36(23-65)53-40(59)31(47)19-26-9-3-2-4-10-26/h2-6,9-12,14-17,22,25,31,33-38,49,56-57,65-66H,7-8,13,18-21,23-24,46-47H2,1H3,(H2,48,58)(H,50,62)(H,51,63)(H,52,61)(H,53,59)(H,54,60)(H,55,64)/t25-,31-,33+,34+,35-,36+,37+,38+/m1/s1. The van der Waals surface area contributed by atoms with Gasteiger partial charge in [-0.1, -0.05) is 60.7 Å². The number of hydrogen-bond donors (Lipinski definition) is 14. The van der Waals surface area contributed by atoms with Gasteiger partial charge in [-0.3, -0.25) is 33.6 Å². The maximum atomic E-state index is 14.5. The fourth-order valence-corrected chi connectivity index (χ4v) is 7.48. The van der Waals surface area contributed by atoms with Gasteiger partial charge in [-0.25, -0.2) is 0 Å². The number of aromatic hydroxyl groups is 1. The Bertz CT molecular complexity index is 2260. The van der Waals surface area contributed by atoms with Gasteiger partial charge >= 0.3 is 0 Å². The van der Waals surface area contributed by atoms with Gasteiger partial charge in [0.2, 0.25) is 41.4 Å². The van der Waals surface area contributed by atoms with Crippen molar-refractivity contribution in [3.8, 4) is 5.75 Å². The van der Waals surface area contributed by atoms with Crippen LogP contribution in [-0.2, 0) is 52.8 Å². The van der Waals surface area contributed by atoms with Crippen LogP contribution in [0.2, 0.25) is 0 Å². The number of phenols is 1. The van der Waals surface area contributed by atoms with Crippen molar-refractivity contribution in [1.82, 2.24) is 36.9 Å². The smallest absolute Gasteiger partial charge is 0.244 e. The number of para-hydroxylation sites is 1. The van der Waals surface area contributed by atoms with Gasteiger partial charge < -0.3 is 64.3 Å². The number of nitrogens with two attached hydrogens (primary N) is 3. The number of nitrogens with one attached hydrogen (secondary N) is 7. The number of amides is 7. The van der Waals surface area contributed by atoms with Gasteiger partial charge in [0.1, 0.15) is 42.0 Å². The summed E-state index contributed by atoms with van der Waals surface area (Å²) in [4.78, 5) is 98.0. The molecule has 0 saturated carbocycles. The summed E-state index contributed by atoms with van der Waals surface area (Å²) in [6.45, 7) is 1.54. The van der Waals surface area contributed by atoms with E-state index in [0.717, 1.165) is 16.5 Å². The molecule has 0 fully saturated rings. The van der Waals surface area contributed by atoms with E-state index in [-0.39, 0.29) is 49.5 Å². The lowest BCUT2D eigenvalue weighted by atomic mass is 10.0. The molecule has 7 amide bonds. The van der Waals surface area contributed by atoms with Crippen LogP contribution in [0.1, 0.15) is 42.9 Å². The summed E-state index contributed by atoms with van der Waals surface area (Å²) in [5, 5.41) is 36.3. The van der Waals surface area contributed by atoms with E-state index in [1.165, 1.54) is 19.1 Å². The Balaban J connectivity index is 1.62. The highest BCUT2D eigenvalue weighted by Crippen LogP contribution is 2.20. The summed E-state index contributed by atoms with van der Waals surface area (Å²) in [5.41, 5.74) is 20.0. The topological polar surface area (TPSA) is 326 Å². The van der Waals surface area contributed by atoms with Gasteiger partial charge in [0.25, 0.3) is 0 Å². The van der Waals surface area contributed by atoms with E-state index >= 15 is 0 Å². The molecule has 0 aliphatic carbocycles. The predicted molar refractivity (Wildman–Crippen MR) is 255 cm³/mol. The zero-order chi connectivity index (χ0) is 48.3. The molecule has 0 saturated heterocycles. The zero-order valence-corrected chi connectivity index (χ0v) is 38.2. The third-order valence-corrected chi connectivity index (χ3v) is 11.4. The van der Waals surface area contributed by atoms with Crippen molar-refractivity contribution in [3.05, 3.63) is 102 Å². The van der Waals surface area contributed by atoms with Crippen LogP contribution in [0, 0.1) is 0 Å². The highest BCUT2D eigenvalue weighted by molar-refractivity contribution is 7.80. The largest absolute Gasteiger partial charge is 0.508 e. The molecule has 356 valence electrons. The number of aliphatic hydroxyl groups is 1. The van der Waals surface area contributed by atoms with Crippen LogP contribution < -0.4 is 49.1 Å². The van der Waals surface area contributed by atoms with Gasteiger partial charge in [0.15, 0.2) is 0 Å². The summed E-state index contributed by atoms with van der Waals surface area (Å²) >= 11 is 8.49. The molecule has 0 bridgehead atoms. The number of rotatable bonds is 26. The number of unbranched alkanes of at least 4 members (excludes halogenated alkanes) is 1. The van der Waals surface area contributed by atoms with E-state index in [1.54, 1.807) is 24.4 Å². The average molecular weight is 949 g/mol. The number of carbonyl (C=O) groups excluding carboxylic acids is 7. The first kappa shape index (κ1) is 52.5. The van der Waals surface area contributed by atoms with Crippen molar-refractivity contribution in [1.29, 1.82) is 0 Å². The van der Waals surface area contributed by atoms with Crippen LogP contribution in [-0.4, -0.2) is 123 Å². The Morgan fingerprint density at radius 2 is 1.12 bits per heavy atom. The molecule has 4 aromatic rings. The van der Waals surface area contributed by atoms with Gasteiger partial charge in [-0.2, -0.15) is 25.3 Å². The second kappa shape index (κ2) is 26.1. The van der Waals surface area contributed by atoms with Crippen molar-refractivity contribution in [3.63, 3.8) is 0 Å². The highest BCUT2D eigenvalue weighted by Gasteiger charge is 2.34. The van der Waals surface area contributed by atoms with Crippen molar-refractivity contribution in [2.45, 2.75) is 93.8 Å². The molecule has 15 N–H and O–H groups in total. The minimum absolute atomic E-state index is 0.0371. The number of benzene rings is 3. The number of carbonyl (C=O) groups is 7. The molecule has 0 aliphatic rings.